The van der Waals surface area contributed by atoms with Crippen molar-refractivity contribution in [3.63, 3.8) is 0 Å². The largest absolute Gasteiger partial charge is 0.334 e. The van der Waals surface area contributed by atoms with Gasteiger partial charge in [-0.1, -0.05) is 11.6 Å². The molecule has 0 aromatic carbocycles. The molecule has 1 atom stereocenters. The van der Waals surface area contributed by atoms with E-state index in [1.807, 2.05) is 11.9 Å². The van der Waals surface area contributed by atoms with Gasteiger partial charge in [0.2, 0.25) is 0 Å². The highest BCUT2D eigenvalue weighted by atomic mass is 35.5. The topological polar surface area (TPSA) is 45.2 Å². The highest BCUT2D eigenvalue weighted by molar-refractivity contribution is 7.80. The van der Waals surface area contributed by atoms with Gasteiger partial charge in [0.05, 0.1) is 0 Å². The molecular formula is C12H12ClN3OS. The average Bonchev–Trinajstić information content (AvgIpc) is 2.55. The number of hydrogen-bond acceptors (Lipinski definition) is 3. The van der Waals surface area contributed by atoms with Gasteiger partial charge < -0.3 is 10.2 Å². The summed E-state index contributed by atoms with van der Waals surface area (Å²) in [6, 6.07) is 1.79. The molecule has 0 saturated carbocycles. The standard InChI is InChI=1S/C12H12ClN3OS/c1-16-11(18)15-10(17)12(16)4-2-3-7-6-14-9(13)5-8(7)12/h5-6H,2-4H2,1H3,(H,15,17,18). The SMILES string of the molecule is CN1C(=S)NC(=O)C12CCCc1cnc(Cl)cc12. The number of likely N-dealkylation sites (N-methyl/N-ethyl adjacent to an activating group) is 1. The van der Waals surface area contributed by atoms with E-state index in [4.69, 9.17) is 23.8 Å². The number of aromatic nitrogens is 1. The smallest absolute Gasteiger partial charge is 0.256 e. The predicted octanol–water partition coefficient (Wildman–Crippen LogP) is 1.61. The van der Waals surface area contributed by atoms with Crippen molar-refractivity contribution in [3.8, 4) is 0 Å². The summed E-state index contributed by atoms with van der Waals surface area (Å²) in [4.78, 5) is 18.3. The first kappa shape index (κ1) is 11.9. The molecular weight excluding hydrogens is 270 g/mol. The Kier molecular flexibility index (Phi) is 2.57. The van der Waals surface area contributed by atoms with Crippen molar-refractivity contribution in [2.75, 3.05) is 7.05 Å². The van der Waals surface area contributed by atoms with Gasteiger partial charge in [-0.25, -0.2) is 4.98 Å². The molecule has 1 aromatic rings. The Morgan fingerprint density at radius 1 is 1.61 bits per heavy atom. The van der Waals surface area contributed by atoms with E-state index in [1.165, 1.54) is 0 Å². The van der Waals surface area contributed by atoms with E-state index in [9.17, 15) is 4.79 Å². The van der Waals surface area contributed by atoms with Gasteiger partial charge in [-0.15, -0.1) is 0 Å². The lowest BCUT2D eigenvalue weighted by molar-refractivity contribution is -0.127. The summed E-state index contributed by atoms with van der Waals surface area (Å²) < 4.78 is 0. The highest BCUT2D eigenvalue weighted by Crippen LogP contribution is 2.42. The second-order valence-electron chi connectivity index (χ2n) is 4.70. The third-order valence-corrected chi connectivity index (χ3v) is 4.44. The second-order valence-corrected chi connectivity index (χ2v) is 5.47. The Balaban J connectivity index is 2.24. The Hall–Kier alpha value is -1.20. The number of thiocarbonyl (C=S) groups is 1. The lowest BCUT2D eigenvalue weighted by Gasteiger charge is -2.38. The number of carbonyl (C=O) groups is 1. The number of hydrogen-bond donors (Lipinski definition) is 1. The summed E-state index contributed by atoms with van der Waals surface area (Å²) in [5.41, 5.74) is 1.32. The summed E-state index contributed by atoms with van der Waals surface area (Å²) in [6.45, 7) is 0. The van der Waals surface area contributed by atoms with Crippen LogP contribution < -0.4 is 5.32 Å². The molecule has 1 spiro atoms. The van der Waals surface area contributed by atoms with Crippen molar-refractivity contribution < 1.29 is 4.79 Å². The van der Waals surface area contributed by atoms with Gasteiger partial charge in [-0.3, -0.25) is 4.79 Å². The number of nitrogens with one attached hydrogen (secondary N) is 1. The molecule has 4 nitrogen and oxygen atoms in total. The molecule has 1 aliphatic heterocycles. The zero-order valence-electron chi connectivity index (χ0n) is 9.86. The normalized spacial score (nSPS) is 26.4. The van der Waals surface area contributed by atoms with Gasteiger partial charge in [0.15, 0.2) is 5.11 Å². The molecule has 3 rings (SSSR count). The van der Waals surface area contributed by atoms with Gasteiger partial charge in [-0.05, 0) is 48.7 Å². The van der Waals surface area contributed by atoms with Gasteiger partial charge in [0.1, 0.15) is 10.7 Å². The molecule has 1 N–H and O–H groups in total. The summed E-state index contributed by atoms with van der Waals surface area (Å²) in [5, 5.41) is 3.63. The number of amides is 1. The molecule has 2 heterocycles. The lowest BCUT2D eigenvalue weighted by Crippen LogP contribution is -2.47. The summed E-state index contributed by atoms with van der Waals surface area (Å²) in [5.74, 6) is -0.0572. The fourth-order valence-electron chi connectivity index (χ4n) is 2.91. The molecule has 1 unspecified atom stereocenters. The minimum atomic E-state index is -0.697. The van der Waals surface area contributed by atoms with Gasteiger partial charge in [0, 0.05) is 13.2 Å². The van der Waals surface area contributed by atoms with Crippen molar-refractivity contribution >= 4 is 34.8 Å². The van der Waals surface area contributed by atoms with E-state index in [1.54, 1.807) is 12.3 Å². The van der Waals surface area contributed by atoms with Crippen LogP contribution in [-0.4, -0.2) is 28.0 Å². The van der Waals surface area contributed by atoms with Gasteiger partial charge in [-0.2, -0.15) is 0 Å². The number of nitrogens with zero attached hydrogens (tertiary/aromatic N) is 2. The Bertz CT molecular complexity index is 562. The molecule has 1 aromatic heterocycles. The van der Waals surface area contributed by atoms with Crippen LogP contribution in [-0.2, 0) is 16.8 Å². The summed E-state index contributed by atoms with van der Waals surface area (Å²) in [7, 11) is 1.85. The zero-order valence-corrected chi connectivity index (χ0v) is 11.4. The zero-order chi connectivity index (χ0) is 12.9. The monoisotopic (exact) mass is 281 g/mol. The molecule has 1 saturated heterocycles. The van der Waals surface area contributed by atoms with E-state index in [2.05, 4.69) is 10.3 Å². The number of aryl methyl sites for hydroxylation is 1. The molecule has 1 amide bonds. The van der Waals surface area contributed by atoms with Crippen LogP contribution in [0.15, 0.2) is 12.3 Å². The van der Waals surface area contributed by atoms with E-state index < -0.39 is 5.54 Å². The molecule has 2 aliphatic rings. The fraction of sp³-hybridized carbons (Fsp3) is 0.417. The number of carbonyl (C=O) groups excluding carboxylic acids is 1. The maximum atomic E-state index is 12.3. The van der Waals surface area contributed by atoms with Crippen LogP contribution in [0.2, 0.25) is 5.15 Å². The number of fused-ring (bicyclic) bond motifs is 2. The van der Waals surface area contributed by atoms with Crippen molar-refractivity contribution in [2.24, 2.45) is 0 Å². The van der Waals surface area contributed by atoms with Crippen molar-refractivity contribution in [2.45, 2.75) is 24.8 Å². The third-order valence-electron chi connectivity index (χ3n) is 3.86. The maximum Gasteiger partial charge on any atom is 0.256 e. The van der Waals surface area contributed by atoms with Crippen LogP contribution in [0, 0.1) is 0 Å². The van der Waals surface area contributed by atoms with Gasteiger partial charge in [0.25, 0.3) is 5.91 Å². The minimum absolute atomic E-state index is 0.0572. The van der Waals surface area contributed by atoms with E-state index in [-0.39, 0.29) is 5.91 Å². The number of halogens is 1. The maximum absolute atomic E-state index is 12.3. The van der Waals surface area contributed by atoms with Crippen LogP contribution in [0.3, 0.4) is 0 Å². The van der Waals surface area contributed by atoms with Crippen molar-refractivity contribution in [1.82, 2.24) is 15.2 Å². The number of rotatable bonds is 0. The molecule has 94 valence electrons. The lowest BCUT2D eigenvalue weighted by atomic mass is 9.76. The van der Waals surface area contributed by atoms with Crippen LogP contribution in [0.25, 0.3) is 0 Å². The first-order valence-electron chi connectivity index (χ1n) is 5.80. The first-order valence-corrected chi connectivity index (χ1v) is 6.58. The Morgan fingerprint density at radius 2 is 2.39 bits per heavy atom. The molecule has 18 heavy (non-hydrogen) atoms. The van der Waals surface area contributed by atoms with Crippen LogP contribution in [0.1, 0.15) is 24.0 Å². The van der Waals surface area contributed by atoms with E-state index >= 15 is 0 Å². The third kappa shape index (κ3) is 1.40. The first-order chi connectivity index (χ1) is 8.55. The molecule has 0 radical (unpaired) electrons. The Morgan fingerprint density at radius 3 is 3.06 bits per heavy atom. The highest BCUT2D eigenvalue weighted by Gasteiger charge is 2.52. The van der Waals surface area contributed by atoms with Crippen LogP contribution >= 0.6 is 23.8 Å². The van der Waals surface area contributed by atoms with Gasteiger partial charge >= 0.3 is 0 Å². The molecule has 6 heteroatoms. The van der Waals surface area contributed by atoms with E-state index in [0.717, 1.165) is 30.4 Å². The summed E-state index contributed by atoms with van der Waals surface area (Å²) >= 11 is 11.2. The predicted molar refractivity (Wildman–Crippen MR) is 72.4 cm³/mol. The number of pyridine rings is 1. The van der Waals surface area contributed by atoms with Crippen LogP contribution in [0.5, 0.6) is 0 Å². The molecule has 0 bridgehead atoms. The second kappa shape index (κ2) is 3.90. The van der Waals surface area contributed by atoms with Crippen molar-refractivity contribution in [3.05, 3.63) is 28.5 Å². The van der Waals surface area contributed by atoms with Crippen LogP contribution in [0.4, 0.5) is 0 Å². The molecule has 1 aliphatic carbocycles. The molecule has 1 fully saturated rings. The van der Waals surface area contributed by atoms with E-state index in [0.29, 0.717) is 10.3 Å². The summed E-state index contributed by atoms with van der Waals surface area (Å²) in [6.07, 6.45) is 4.38. The Labute approximate surface area is 115 Å². The average molecular weight is 282 g/mol. The van der Waals surface area contributed by atoms with Crippen molar-refractivity contribution in [1.29, 1.82) is 0 Å². The fourth-order valence-corrected chi connectivity index (χ4v) is 3.31. The minimum Gasteiger partial charge on any atom is -0.334 e. The quantitative estimate of drug-likeness (QED) is 0.580.